The second-order valence-corrected chi connectivity index (χ2v) is 3.35. The van der Waals surface area contributed by atoms with Crippen LogP contribution >= 0.6 is 0 Å². The molecule has 0 spiro atoms. The average molecular weight is 233 g/mol. The molecule has 0 bridgehead atoms. The van der Waals surface area contributed by atoms with Crippen LogP contribution in [-0.4, -0.2) is 26.0 Å². The van der Waals surface area contributed by atoms with Crippen LogP contribution in [0.15, 0.2) is 0 Å². The van der Waals surface area contributed by atoms with Gasteiger partial charge in [-0.25, -0.2) is 0 Å². The molecular formula is C8H20BF4NO. The molecular weight excluding hydrogens is 213 g/mol. The highest BCUT2D eigenvalue weighted by atomic mass is 19.5. The first-order valence-electron chi connectivity index (χ1n) is 4.99. The maximum Gasteiger partial charge on any atom is 0.673 e. The standard InChI is InChI=1S/C8H19NO.BF4/c1-4-8(3,5-2)10-7-6-9;2-1(3,4)5/h4-7,9H2,1-3H3;/q;-1/p+1. The van der Waals surface area contributed by atoms with Gasteiger partial charge in [0.25, 0.3) is 0 Å². The van der Waals surface area contributed by atoms with Crippen LogP contribution in [0.4, 0.5) is 17.3 Å². The van der Waals surface area contributed by atoms with Crippen molar-refractivity contribution in [1.82, 2.24) is 0 Å². The second kappa shape index (κ2) is 7.93. The second-order valence-electron chi connectivity index (χ2n) is 3.35. The van der Waals surface area contributed by atoms with Gasteiger partial charge in [0, 0.05) is 0 Å². The lowest BCUT2D eigenvalue weighted by Gasteiger charge is -2.26. The number of hydrogen-bond donors (Lipinski definition) is 1. The lowest BCUT2D eigenvalue weighted by atomic mass is 10.0. The minimum atomic E-state index is -6.00. The lowest BCUT2D eigenvalue weighted by Crippen LogP contribution is -2.53. The smallest absolute Gasteiger partial charge is 0.418 e. The van der Waals surface area contributed by atoms with Crippen molar-refractivity contribution in [3.8, 4) is 0 Å². The molecule has 0 heterocycles. The van der Waals surface area contributed by atoms with Crippen molar-refractivity contribution in [3.63, 3.8) is 0 Å². The van der Waals surface area contributed by atoms with Crippen molar-refractivity contribution < 1.29 is 27.7 Å². The SMILES string of the molecule is CCC(C)(CC)OCC[NH3+].F[B-](F)(F)F. The topological polar surface area (TPSA) is 36.9 Å². The summed E-state index contributed by atoms with van der Waals surface area (Å²) in [5.74, 6) is 0. The number of rotatable bonds is 5. The molecule has 0 aromatic carbocycles. The first-order valence-corrected chi connectivity index (χ1v) is 4.99. The van der Waals surface area contributed by atoms with Crippen LogP contribution in [0.5, 0.6) is 0 Å². The van der Waals surface area contributed by atoms with E-state index in [4.69, 9.17) is 4.74 Å². The third-order valence-corrected chi connectivity index (χ3v) is 2.09. The Labute approximate surface area is 88.3 Å². The fourth-order valence-electron chi connectivity index (χ4n) is 0.773. The van der Waals surface area contributed by atoms with Gasteiger partial charge in [0.15, 0.2) is 0 Å². The number of ether oxygens (including phenoxy) is 1. The Morgan fingerprint density at radius 1 is 1.13 bits per heavy atom. The summed E-state index contributed by atoms with van der Waals surface area (Å²) in [7, 11) is -6.00. The Balaban J connectivity index is 0. The molecule has 0 unspecified atom stereocenters. The number of halogens is 4. The quantitative estimate of drug-likeness (QED) is 0.573. The van der Waals surface area contributed by atoms with Crippen molar-refractivity contribution in [2.45, 2.75) is 39.2 Å². The normalized spacial score (nSPS) is 12.0. The highest BCUT2D eigenvalue weighted by Crippen LogP contribution is 2.18. The molecule has 0 aromatic heterocycles. The third-order valence-electron chi connectivity index (χ3n) is 2.09. The molecule has 2 nitrogen and oxygen atoms in total. The van der Waals surface area contributed by atoms with Gasteiger partial charge in [-0.15, -0.1) is 0 Å². The zero-order chi connectivity index (χ0) is 12.5. The predicted octanol–water partition coefficient (Wildman–Crippen LogP) is 2.12. The summed E-state index contributed by atoms with van der Waals surface area (Å²) in [6.07, 6.45) is 2.17. The van der Waals surface area contributed by atoms with E-state index >= 15 is 0 Å². The van der Waals surface area contributed by atoms with E-state index in [0.29, 0.717) is 0 Å². The first-order chi connectivity index (χ1) is 6.68. The molecule has 0 fully saturated rings. The van der Waals surface area contributed by atoms with Crippen LogP contribution < -0.4 is 5.73 Å². The zero-order valence-corrected chi connectivity index (χ0v) is 9.53. The van der Waals surface area contributed by atoms with Gasteiger partial charge in [0.05, 0.1) is 18.8 Å². The molecule has 0 aliphatic heterocycles. The summed E-state index contributed by atoms with van der Waals surface area (Å²) in [4.78, 5) is 0. The highest BCUT2D eigenvalue weighted by Gasteiger charge is 2.20. The van der Waals surface area contributed by atoms with E-state index in [1.807, 2.05) is 0 Å². The van der Waals surface area contributed by atoms with Crippen LogP contribution in [0.2, 0.25) is 0 Å². The molecule has 3 N–H and O–H groups in total. The molecule has 7 heteroatoms. The minimum Gasteiger partial charge on any atom is -0.418 e. The molecule has 0 saturated heterocycles. The summed E-state index contributed by atoms with van der Waals surface area (Å²) in [6.45, 7) is 8.13. The summed E-state index contributed by atoms with van der Waals surface area (Å²) in [5.41, 5.74) is 3.83. The Morgan fingerprint density at radius 3 is 1.67 bits per heavy atom. The molecule has 0 radical (unpaired) electrons. The van der Waals surface area contributed by atoms with Gasteiger partial charge < -0.3 is 27.7 Å². The molecule has 0 atom stereocenters. The van der Waals surface area contributed by atoms with Gasteiger partial charge in [-0.05, 0) is 19.8 Å². The Kier molecular flexibility index (Phi) is 9.04. The van der Waals surface area contributed by atoms with Gasteiger partial charge in [-0.3, -0.25) is 0 Å². The Hall–Kier alpha value is -0.295. The van der Waals surface area contributed by atoms with Crippen LogP contribution in [0.25, 0.3) is 0 Å². The predicted molar refractivity (Wildman–Crippen MR) is 52.9 cm³/mol. The molecule has 0 saturated carbocycles. The lowest BCUT2D eigenvalue weighted by molar-refractivity contribution is -0.377. The van der Waals surface area contributed by atoms with E-state index in [1.165, 1.54) is 0 Å². The maximum atomic E-state index is 9.75. The van der Waals surface area contributed by atoms with Crippen LogP contribution in [0.1, 0.15) is 33.6 Å². The molecule has 0 amide bonds. The highest BCUT2D eigenvalue weighted by molar-refractivity contribution is 6.50. The van der Waals surface area contributed by atoms with E-state index in [-0.39, 0.29) is 5.60 Å². The van der Waals surface area contributed by atoms with Crippen LogP contribution in [0.3, 0.4) is 0 Å². The maximum absolute atomic E-state index is 9.75. The average Bonchev–Trinajstić information content (AvgIpc) is 2.12. The van der Waals surface area contributed by atoms with Crippen LogP contribution in [-0.2, 0) is 4.74 Å². The summed E-state index contributed by atoms with van der Waals surface area (Å²) in [5, 5.41) is 0. The van der Waals surface area contributed by atoms with Gasteiger partial charge in [0.2, 0.25) is 0 Å². The van der Waals surface area contributed by atoms with Crippen molar-refractivity contribution in [1.29, 1.82) is 0 Å². The van der Waals surface area contributed by atoms with Gasteiger partial charge in [-0.1, -0.05) is 13.8 Å². The van der Waals surface area contributed by atoms with E-state index < -0.39 is 7.25 Å². The fourth-order valence-corrected chi connectivity index (χ4v) is 0.773. The molecule has 0 aliphatic rings. The van der Waals surface area contributed by atoms with Crippen LogP contribution in [0, 0.1) is 0 Å². The Bertz CT molecular complexity index is 144. The Morgan fingerprint density at radius 2 is 1.47 bits per heavy atom. The van der Waals surface area contributed by atoms with Gasteiger partial charge in [-0.2, -0.15) is 0 Å². The van der Waals surface area contributed by atoms with Gasteiger partial charge in [0.1, 0.15) is 0 Å². The summed E-state index contributed by atoms with van der Waals surface area (Å²) >= 11 is 0. The molecule has 0 aromatic rings. The monoisotopic (exact) mass is 233 g/mol. The van der Waals surface area contributed by atoms with E-state index in [2.05, 4.69) is 26.5 Å². The van der Waals surface area contributed by atoms with E-state index in [0.717, 1.165) is 26.0 Å². The first kappa shape index (κ1) is 17.1. The molecule has 94 valence electrons. The fraction of sp³-hybridized carbons (Fsp3) is 1.00. The van der Waals surface area contributed by atoms with E-state index in [1.54, 1.807) is 0 Å². The van der Waals surface area contributed by atoms with Crippen molar-refractivity contribution >= 4 is 7.25 Å². The summed E-state index contributed by atoms with van der Waals surface area (Å²) in [6, 6.07) is 0. The zero-order valence-electron chi connectivity index (χ0n) is 9.53. The minimum absolute atomic E-state index is 0.0949. The molecule has 15 heavy (non-hydrogen) atoms. The number of quaternary nitrogens is 1. The largest absolute Gasteiger partial charge is 0.673 e. The molecule has 0 rings (SSSR count). The van der Waals surface area contributed by atoms with Crippen molar-refractivity contribution in [2.24, 2.45) is 0 Å². The number of hydrogen-bond acceptors (Lipinski definition) is 1. The molecule has 0 aliphatic carbocycles. The summed E-state index contributed by atoms with van der Waals surface area (Å²) < 4.78 is 44.6. The van der Waals surface area contributed by atoms with E-state index in [9.17, 15) is 17.3 Å². The van der Waals surface area contributed by atoms with Crippen molar-refractivity contribution in [3.05, 3.63) is 0 Å². The third kappa shape index (κ3) is 16.4. The van der Waals surface area contributed by atoms with Gasteiger partial charge >= 0.3 is 7.25 Å². The van der Waals surface area contributed by atoms with Crippen molar-refractivity contribution in [2.75, 3.05) is 13.2 Å².